The number of unbranched alkanes of at least 4 members (excludes halogenated alkanes) is 1. The molecule has 0 aromatic heterocycles. The Labute approximate surface area is 129 Å². The Kier molecular flexibility index (Phi) is 7.20. The molecular formula is C18H31NO2. The molecule has 0 fully saturated rings. The molecule has 120 valence electrons. The van der Waals surface area contributed by atoms with E-state index in [9.17, 15) is 5.11 Å². The molecule has 2 N–H and O–H groups in total. The smallest absolute Gasteiger partial charge is 0.118 e. The number of ether oxygens (including phenoxy) is 1. The molecule has 3 heteroatoms. The Morgan fingerprint density at radius 1 is 1.24 bits per heavy atom. The van der Waals surface area contributed by atoms with Crippen molar-refractivity contribution in [3.63, 3.8) is 0 Å². The first-order valence-corrected chi connectivity index (χ1v) is 8.05. The molecule has 0 amide bonds. The van der Waals surface area contributed by atoms with Gasteiger partial charge in [0.25, 0.3) is 0 Å². The second-order valence-electron chi connectivity index (χ2n) is 6.57. The Morgan fingerprint density at radius 2 is 1.95 bits per heavy atom. The molecule has 1 unspecified atom stereocenters. The third-order valence-corrected chi connectivity index (χ3v) is 3.46. The zero-order chi connectivity index (χ0) is 15.9. The molecule has 0 aliphatic heterocycles. The van der Waals surface area contributed by atoms with Gasteiger partial charge in [-0.2, -0.15) is 0 Å². The van der Waals surface area contributed by atoms with Crippen LogP contribution in [0.3, 0.4) is 0 Å². The molecule has 0 aliphatic rings. The van der Waals surface area contributed by atoms with Gasteiger partial charge in [0.1, 0.15) is 5.75 Å². The molecule has 3 nitrogen and oxygen atoms in total. The number of rotatable bonds is 8. The van der Waals surface area contributed by atoms with Crippen molar-refractivity contribution in [1.29, 1.82) is 0 Å². The molecule has 0 bridgehead atoms. The number of aromatic hydroxyl groups is 1. The van der Waals surface area contributed by atoms with E-state index in [1.54, 1.807) is 6.07 Å². The third kappa shape index (κ3) is 6.49. The topological polar surface area (TPSA) is 41.5 Å². The quantitative estimate of drug-likeness (QED) is 0.754. The van der Waals surface area contributed by atoms with Crippen LogP contribution in [0.15, 0.2) is 18.2 Å². The fourth-order valence-corrected chi connectivity index (χ4v) is 2.25. The maximum Gasteiger partial charge on any atom is 0.118 e. The standard InChI is InChI=1S/C18H31NO2/c1-6-8-9-14-12-15(10-11-16(14)20)17(21-7-2)13-19-18(3,4)5/h10-12,17,19-20H,6-9,13H2,1-5H3. The Hall–Kier alpha value is -1.06. The normalized spacial score (nSPS) is 13.4. The molecule has 0 saturated heterocycles. The summed E-state index contributed by atoms with van der Waals surface area (Å²) in [5.41, 5.74) is 2.23. The summed E-state index contributed by atoms with van der Waals surface area (Å²) in [6.07, 6.45) is 3.16. The number of phenols is 1. The van der Waals surface area contributed by atoms with Gasteiger partial charge in [0.2, 0.25) is 0 Å². The molecule has 0 aliphatic carbocycles. The number of benzene rings is 1. The van der Waals surface area contributed by atoms with Crippen LogP contribution in [0.4, 0.5) is 0 Å². The van der Waals surface area contributed by atoms with E-state index in [2.05, 4.69) is 39.1 Å². The number of nitrogens with one attached hydrogen (secondary N) is 1. The average Bonchev–Trinajstić information content (AvgIpc) is 2.42. The Bertz CT molecular complexity index is 424. The molecular weight excluding hydrogens is 262 g/mol. The van der Waals surface area contributed by atoms with Crippen LogP contribution in [0.25, 0.3) is 0 Å². The SMILES string of the molecule is CCCCc1cc(C(CNC(C)(C)C)OCC)ccc1O. The number of aryl methyl sites for hydroxylation is 1. The largest absolute Gasteiger partial charge is 0.508 e. The van der Waals surface area contributed by atoms with Crippen molar-refractivity contribution in [3.8, 4) is 5.75 Å². The van der Waals surface area contributed by atoms with Gasteiger partial charge in [-0.15, -0.1) is 0 Å². The van der Waals surface area contributed by atoms with E-state index in [0.717, 1.165) is 36.9 Å². The molecule has 0 heterocycles. The van der Waals surface area contributed by atoms with Gasteiger partial charge < -0.3 is 15.2 Å². The first kappa shape index (κ1) is 18.0. The summed E-state index contributed by atoms with van der Waals surface area (Å²) < 4.78 is 5.88. The van der Waals surface area contributed by atoms with Gasteiger partial charge in [-0.1, -0.05) is 19.4 Å². The van der Waals surface area contributed by atoms with Crippen LogP contribution in [-0.4, -0.2) is 23.8 Å². The van der Waals surface area contributed by atoms with Gasteiger partial charge in [0, 0.05) is 18.7 Å². The second kappa shape index (κ2) is 8.40. The zero-order valence-corrected chi connectivity index (χ0v) is 14.2. The van der Waals surface area contributed by atoms with Crippen molar-refractivity contribution in [2.45, 2.75) is 65.5 Å². The van der Waals surface area contributed by atoms with E-state index in [4.69, 9.17) is 4.74 Å². The van der Waals surface area contributed by atoms with Crippen LogP contribution in [0.2, 0.25) is 0 Å². The zero-order valence-electron chi connectivity index (χ0n) is 14.2. The summed E-state index contributed by atoms with van der Waals surface area (Å²) in [5, 5.41) is 13.5. The average molecular weight is 293 g/mol. The minimum atomic E-state index is 0.0233. The highest BCUT2D eigenvalue weighted by Crippen LogP contribution is 2.26. The van der Waals surface area contributed by atoms with Crippen LogP contribution in [0.1, 0.15) is 64.7 Å². The van der Waals surface area contributed by atoms with Gasteiger partial charge in [-0.3, -0.25) is 0 Å². The molecule has 0 spiro atoms. The van der Waals surface area contributed by atoms with E-state index < -0.39 is 0 Å². The van der Waals surface area contributed by atoms with Crippen molar-refractivity contribution in [2.24, 2.45) is 0 Å². The molecule has 1 rings (SSSR count). The maximum absolute atomic E-state index is 9.98. The summed E-state index contributed by atoms with van der Waals surface area (Å²) in [6, 6.07) is 5.86. The minimum Gasteiger partial charge on any atom is -0.508 e. The monoisotopic (exact) mass is 293 g/mol. The number of hydrogen-bond acceptors (Lipinski definition) is 3. The summed E-state index contributed by atoms with van der Waals surface area (Å²) in [5.74, 6) is 0.395. The lowest BCUT2D eigenvalue weighted by Gasteiger charge is -2.26. The van der Waals surface area contributed by atoms with Crippen molar-refractivity contribution >= 4 is 0 Å². The van der Waals surface area contributed by atoms with E-state index in [1.807, 2.05) is 13.0 Å². The molecule has 1 aromatic carbocycles. The van der Waals surface area contributed by atoms with Crippen molar-refractivity contribution in [2.75, 3.05) is 13.2 Å². The van der Waals surface area contributed by atoms with Crippen LogP contribution in [-0.2, 0) is 11.2 Å². The molecule has 1 atom stereocenters. The van der Waals surface area contributed by atoms with E-state index in [1.165, 1.54) is 0 Å². The predicted octanol–water partition coefficient (Wildman–Crippen LogP) is 4.20. The highest BCUT2D eigenvalue weighted by Gasteiger charge is 2.17. The summed E-state index contributed by atoms with van der Waals surface area (Å²) in [6.45, 7) is 12.1. The van der Waals surface area contributed by atoms with Crippen LogP contribution in [0, 0.1) is 0 Å². The van der Waals surface area contributed by atoms with Gasteiger partial charge in [0.05, 0.1) is 6.10 Å². The lowest BCUT2D eigenvalue weighted by Crippen LogP contribution is -2.39. The van der Waals surface area contributed by atoms with Crippen LogP contribution in [0.5, 0.6) is 5.75 Å². The summed E-state index contributed by atoms with van der Waals surface area (Å²) in [4.78, 5) is 0. The Balaban J connectivity index is 2.86. The van der Waals surface area contributed by atoms with E-state index >= 15 is 0 Å². The van der Waals surface area contributed by atoms with Crippen molar-refractivity contribution in [1.82, 2.24) is 5.32 Å². The maximum atomic E-state index is 9.98. The van der Waals surface area contributed by atoms with Gasteiger partial charge in [0.15, 0.2) is 0 Å². The third-order valence-electron chi connectivity index (χ3n) is 3.46. The lowest BCUT2D eigenvalue weighted by molar-refractivity contribution is 0.0576. The minimum absolute atomic E-state index is 0.0233. The number of phenolic OH excluding ortho intramolecular Hbond substituents is 1. The van der Waals surface area contributed by atoms with Gasteiger partial charge in [-0.05, 0) is 63.8 Å². The molecule has 0 saturated carbocycles. The second-order valence-corrected chi connectivity index (χ2v) is 6.57. The molecule has 21 heavy (non-hydrogen) atoms. The first-order chi connectivity index (χ1) is 9.87. The van der Waals surface area contributed by atoms with E-state index in [0.29, 0.717) is 12.4 Å². The summed E-state index contributed by atoms with van der Waals surface area (Å²) in [7, 11) is 0. The van der Waals surface area contributed by atoms with E-state index in [-0.39, 0.29) is 11.6 Å². The van der Waals surface area contributed by atoms with Crippen LogP contribution >= 0.6 is 0 Å². The molecule has 1 aromatic rings. The van der Waals surface area contributed by atoms with Gasteiger partial charge >= 0.3 is 0 Å². The number of hydrogen-bond donors (Lipinski definition) is 2. The highest BCUT2D eigenvalue weighted by molar-refractivity contribution is 5.37. The van der Waals surface area contributed by atoms with Crippen molar-refractivity contribution < 1.29 is 9.84 Å². The lowest BCUT2D eigenvalue weighted by atomic mass is 10.0. The molecule has 0 radical (unpaired) electrons. The van der Waals surface area contributed by atoms with Crippen molar-refractivity contribution in [3.05, 3.63) is 29.3 Å². The fourth-order valence-electron chi connectivity index (χ4n) is 2.25. The summed E-state index contributed by atoms with van der Waals surface area (Å²) >= 11 is 0. The van der Waals surface area contributed by atoms with Gasteiger partial charge in [-0.25, -0.2) is 0 Å². The fraction of sp³-hybridized carbons (Fsp3) is 0.667. The van der Waals surface area contributed by atoms with Crippen LogP contribution < -0.4 is 5.32 Å². The Morgan fingerprint density at radius 3 is 2.52 bits per heavy atom. The first-order valence-electron chi connectivity index (χ1n) is 8.05. The predicted molar refractivity (Wildman–Crippen MR) is 88.8 cm³/mol. The highest BCUT2D eigenvalue weighted by atomic mass is 16.5.